The molecule has 0 saturated heterocycles. The molecule has 90 valence electrons. The lowest BCUT2D eigenvalue weighted by molar-refractivity contribution is -0.119. The third kappa shape index (κ3) is 2.04. The van der Waals surface area contributed by atoms with Gasteiger partial charge >= 0.3 is 0 Å². The van der Waals surface area contributed by atoms with Crippen LogP contribution in [0.25, 0.3) is 0 Å². The van der Waals surface area contributed by atoms with E-state index in [-0.39, 0.29) is 11.6 Å². The van der Waals surface area contributed by atoms with Gasteiger partial charge in [-0.15, -0.1) is 0 Å². The highest BCUT2D eigenvalue weighted by Crippen LogP contribution is 2.41. The second-order valence-electron chi connectivity index (χ2n) is 5.00. The van der Waals surface area contributed by atoms with Crippen molar-refractivity contribution < 1.29 is 9.59 Å². The molecule has 1 unspecified atom stereocenters. The number of carbonyl (C=O) groups is 2. The smallest absolute Gasteiger partial charge is 0.169 e. The van der Waals surface area contributed by atoms with Crippen LogP contribution in [0.4, 0.5) is 0 Å². The number of benzene rings is 1. The molecule has 0 radical (unpaired) electrons. The van der Waals surface area contributed by atoms with Gasteiger partial charge in [-0.1, -0.05) is 31.2 Å². The molecule has 2 rings (SSSR count). The van der Waals surface area contributed by atoms with Crippen LogP contribution in [-0.2, 0) is 11.2 Å². The Morgan fingerprint density at radius 2 is 2.06 bits per heavy atom. The minimum atomic E-state index is -0.444. The highest BCUT2D eigenvalue weighted by atomic mass is 16.1. The first-order chi connectivity index (χ1) is 8.09. The zero-order valence-electron chi connectivity index (χ0n) is 10.5. The maximum absolute atomic E-state index is 12.6. The van der Waals surface area contributed by atoms with Crippen LogP contribution in [0.3, 0.4) is 0 Å². The number of Topliss-reactive ketones (excluding diaryl/α,β-unsaturated/α-hetero) is 2. The summed E-state index contributed by atoms with van der Waals surface area (Å²) >= 11 is 0. The average molecular weight is 230 g/mol. The second-order valence-corrected chi connectivity index (χ2v) is 5.00. The normalized spacial score (nSPS) is 23.3. The van der Waals surface area contributed by atoms with E-state index in [1.54, 1.807) is 6.92 Å². The first-order valence-corrected chi connectivity index (χ1v) is 6.21. The Morgan fingerprint density at radius 1 is 1.35 bits per heavy atom. The summed E-state index contributed by atoms with van der Waals surface area (Å²) in [5.41, 5.74) is 1.51. The molecule has 1 aliphatic carbocycles. The topological polar surface area (TPSA) is 34.1 Å². The van der Waals surface area contributed by atoms with Gasteiger partial charge in [-0.25, -0.2) is 0 Å². The Kier molecular flexibility index (Phi) is 3.14. The molecule has 1 atom stereocenters. The highest BCUT2D eigenvalue weighted by Gasteiger charge is 2.41. The van der Waals surface area contributed by atoms with Crippen molar-refractivity contribution >= 4 is 11.6 Å². The Labute approximate surface area is 102 Å². The molecule has 1 aromatic carbocycles. The highest BCUT2D eigenvalue weighted by molar-refractivity contribution is 6.04. The molecule has 0 N–H and O–H groups in total. The van der Waals surface area contributed by atoms with E-state index in [1.807, 2.05) is 31.2 Å². The van der Waals surface area contributed by atoms with Crippen LogP contribution >= 0.6 is 0 Å². The molecule has 0 fully saturated rings. The zero-order valence-corrected chi connectivity index (χ0v) is 10.5. The lowest BCUT2D eigenvalue weighted by Crippen LogP contribution is -2.37. The number of ketones is 2. The molecule has 0 bridgehead atoms. The van der Waals surface area contributed by atoms with E-state index in [0.717, 1.165) is 30.4 Å². The van der Waals surface area contributed by atoms with Crippen molar-refractivity contribution in [3.63, 3.8) is 0 Å². The first kappa shape index (κ1) is 12.0. The van der Waals surface area contributed by atoms with E-state index < -0.39 is 5.41 Å². The summed E-state index contributed by atoms with van der Waals surface area (Å²) in [6.07, 6.45) is 2.85. The van der Waals surface area contributed by atoms with Gasteiger partial charge in [0.1, 0.15) is 5.78 Å². The average Bonchev–Trinajstić information content (AvgIpc) is 2.33. The fraction of sp³-hybridized carbons (Fsp3) is 0.467. The third-order valence-electron chi connectivity index (χ3n) is 3.88. The fourth-order valence-electron chi connectivity index (χ4n) is 2.84. The Morgan fingerprint density at radius 3 is 2.71 bits per heavy atom. The van der Waals surface area contributed by atoms with E-state index >= 15 is 0 Å². The van der Waals surface area contributed by atoms with Crippen molar-refractivity contribution in [1.82, 2.24) is 0 Å². The number of hydrogen-bond donors (Lipinski definition) is 0. The molecule has 17 heavy (non-hydrogen) atoms. The first-order valence-electron chi connectivity index (χ1n) is 6.21. The Balaban J connectivity index is 2.41. The summed E-state index contributed by atoms with van der Waals surface area (Å²) in [5, 5.41) is 0. The van der Waals surface area contributed by atoms with E-state index in [0.29, 0.717) is 6.42 Å². The summed E-state index contributed by atoms with van der Waals surface area (Å²) in [7, 11) is 0. The zero-order chi connectivity index (χ0) is 12.5. The van der Waals surface area contributed by atoms with Crippen LogP contribution in [0.5, 0.6) is 0 Å². The molecule has 1 aromatic rings. The number of fused-ring (bicyclic) bond motifs is 1. The van der Waals surface area contributed by atoms with Gasteiger partial charge in [0.15, 0.2) is 5.78 Å². The summed E-state index contributed by atoms with van der Waals surface area (Å²) in [6.45, 7) is 3.58. The number of carbonyl (C=O) groups excluding carboxylic acids is 2. The van der Waals surface area contributed by atoms with Crippen molar-refractivity contribution in [3.8, 4) is 0 Å². The van der Waals surface area contributed by atoms with Gasteiger partial charge < -0.3 is 0 Å². The standard InChI is InChI=1S/C15H18O2/c1-3-15(10-11(2)16)9-8-12-6-4-5-7-13(12)14(15)17/h4-7H,3,8-10H2,1-2H3. The number of rotatable bonds is 3. The summed E-state index contributed by atoms with van der Waals surface area (Å²) in [4.78, 5) is 23.9. The minimum absolute atomic E-state index is 0.111. The van der Waals surface area contributed by atoms with Crippen molar-refractivity contribution in [3.05, 3.63) is 35.4 Å². The molecular weight excluding hydrogens is 212 g/mol. The summed E-state index contributed by atoms with van der Waals surface area (Å²) in [6, 6.07) is 7.77. The SMILES string of the molecule is CCC1(CC(C)=O)CCc2ccccc2C1=O. The van der Waals surface area contributed by atoms with Gasteiger partial charge in [-0.3, -0.25) is 9.59 Å². The van der Waals surface area contributed by atoms with Crippen molar-refractivity contribution in [2.24, 2.45) is 5.41 Å². The maximum Gasteiger partial charge on any atom is 0.169 e. The van der Waals surface area contributed by atoms with Crippen molar-refractivity contribution in [2.75, 3.05) is 0 Å². The molecule has 0 heterocycles. The largest absolute Gasteiger partial charge is 0.300 e. The molecule has 0 amide bonds. The van der Waals surface area contributed by atoms with Gasteiger partial charge in [0.2, 0.25) is 0 Å². The predicted octanol–water partition coefficient (Wildman–Crippen LogP) is 3.19. The van der Waals surface area contributed by atoms with E-state index in [9.17, 15) is 9.59 Å². The molecule has 2 nitrogen and oxygen atoms in total. The predicted molar refractivity (Wildman–Crippen MR) is 67.1 cm³/mol. The monoisotopic (exact) mass is 230 g/mol. The lowest BCUT2D eigenvalue weighted by atomic mass is 9.66. The summed E-state index contributed by atoms with van der Waals surface area (Å²) in [5.74, 6) is 0.275. The van der Waals surface area contributed by atoms with E-state index in [4.69, 9.17) is 0 Å². The van der Waals surface area contributed by atoms with Crippen LogP contribution in [0.1, 0.15) is 49.0 Å². The second kappa shape index (κ2) is 4.44. The minimum Gasteiger partial charge on any atom is -0.300 e. The van der Waals surface area contributed by atoms with E-state index in [1.165, 1.54) is 0 Å². The van der Waals surface area contributed by atoms with E-state index in [2.05, 4.69) is 0 Å². The van der Waals surface area contributed by atoms with Gasteiger partial charge in [-0.2, -0.15) is 0 Å². The van der Waals surface area contributed by atoms with Crippen LogP contribution in [-0.4, -0.2) is 11.6 Å². The van der Waals surface area contributed by atoms with Gasteiger partial charge in [0, 0.05) is 17.4 Å². The number of aryl methyl sites for hydroxylation is 1. The maximum atomic E-state index is 12.6. The van der Waals surface area contributed by atoms with Gasteiger partial charge in [0.05, 0.1) is 0 Å². The fourth-order valence-corrected chi connectivity index (χ4v) is 2.84. The summed E-state index contributed by atoms with van der Waals surface area (Å²) < 4.78 is 0. The van der Waals surface area contributed by atoms with Crippen LogP contribution < -0.4 is 0 Å². The number of hydrogen-bond acceptors (Lipinski definition) is 2. The van der Waals surface area contributed by atoms with Crippen LogP contribution in [0.15, 0.2) is 24.3 Å². The molecular formula is C15H18O2. The van der Waals surface area contributed by atoms with Crippen molar-refractivity contribution in [2.45, 2.75) is 39.5 Å². The lowest BCUT2D eigenvalue weighted by Gasteiger charge is -2.35. The molecule has 1 aliphatic rings. The Bertz CT molecular complexity index is 462. The molecule has 0 aromatic heterocycles. The molecule has 2 heteroatoms. The molecule has 0 saturated carbocycles. The molecule has 0 spiro atoms. The van der Waals surface area contributed by atoms with Gasteiger partial charge in [-0.05, 0) is 31.7 Å². The third-order valence-corrected chi connectivity index (χ3v) is 3.88. The molecule has 0 aliphatic heterocycles. The van der Waals surface area contributed by atoms with Gasteiger partial charge in [0.25, 0.3) is 0 Å². The van der Waals surface area contributed by atoms with Crippen molar-refractivity contribution in [1.29, 1.82) is 0 Å². The van der Waals surface area contributed by atoms with Crippen LogP contribution in [0, 0.1) is 5.41 Å². The van der Waals surface area contributed by atoms with Crippen LogP contribution in [0.2, 0.25) is 0 Å². The Hall–Kier alpha value is -1.44. The quantitative estimate of drug-likeness (QED) is 0.799.